The molecule has 1 saturated heterocycles. The average molecular weight is 464 g/mol. The van der Waals surface area contributed by atoms with E-state index >= 15 is 0 Å². The van der Waals surface area contributed by atoms with Gasteiger partial charge >= 0.3 is 0 Å². The van der Waals surface area contributed by atoms with Crippen molar-refractivity contribution in [2.75, 3.05) is 58.0 Å². The minimum absolute atomic E-state index is 0.0972. The van der Waals surface area contributed by atoms with E-state index in [1.54, 1.807) is 32.4 Å². The summed E-state index contributed by atoms with van der Waals surface area (Å²) in [6, 6.07) is 12.0. The van der Waals surface area contributed by atoms with Crippen LogP contribution >= 0.6 is 0 Å². The van der Waals surface area contributed by atoms with Crippen LogP contribution in [-0.2, 0) is 14.8 Å². The summed E-state index contributed by atoms with van der Waals surface area (Å²) in [5.41, 5.74) is 1.69. The minimum Gasteiger partial charge on any atom is -0.493 e. The molecule has 2 N–H and O–H groups in total. The van der Waals surface area contributed by atoms with Crippen molar-refractivity contribution in [3.8, 4) is 11.5 Å². The van der Waals surface area contributed by atoms with Gasteiger partial charge in [0, 0.05) is 30.9 Å². The molecular formula is C22H29N3O6S. The minimum atomic E-state index is -3.43. The summed E-state index contributed by atoms with van der Waals surface area (Å²) < 4.78 is 41.6. The Morgan fingerprint density at radius 3 is 2.47 bits per heavy atom. The summed E-state index contributed by atoms with van der Waals surface area (Å²) in [7, 11) is -0.255. The highest BCUT2D eigenvalue weighted by Gasteiger charge is 2.24. The van der Waals surface area contributed by atoms with Crippen LogP contribution < -0.4 is 19.5 Å². The Morgan fingerprint density at radius 1 is 1.09 bits per heavy atom. The molecule has 174 valence electrons. The van der Waals surface area contributed by atoms with E-state index in [0.717, 1.165) is 24.9 Å². The van der Waals surface area contributed by atoms with Gasteiger partial charge in [0.2, 0.25) is 10.0 Å². The maximum atomic E-state index is 12.8. The van der Waals surface area contributed by atoms with Gasteiger partial charge in [-0.05, 0) is 35.9 Å². The Bertz CT molecular complexity index is 1040. The van der Waals surface area contributed by atoms with Crippen molar-refractivity contribution in [1.82, 2.24) is 10.2 Å². The van der Waals surface area contributed by atoms with Gasteiger partial charge in [-0.15, -0.1) is 0 Å². The lowest BCUT2D eigenvalue weighted by Crippen LogP contribution is -2.43. The van der Waals surface area contributed by atoms with E-state index in [9.17, 15) is 13.2 Å². The number of rotatable bonds is 9. The molecule has 10 heteroatoms. The second-order valence-electron chi connectivity index (χ2n) is 7.44. The molecule has 1 atom stereocenters. The largest absolute Gasteiger partial charge is 0.493 e. The predicted molar refractivity (Wildman–Crippen MR) is 122 cm³/mol. The highest BCUT2D eigenvalue weighted by atomic mass is 32.2. The first-order valence-electron chi connectivity index (χ1n) is 10.2. The fraction of sp³-hybridized carbons (Fsp3) is 0.409. The van der Waals surface area contributed by atoms with Gasteiger partial charge in [0.1, 0.15) is 0 Å². The number of carbonyl (C=O) groups excluding carboxylic acids is 1. The first-order valence-corrected chi connectivity index (χ1v) is 12.1. The van der Waals surface area contributed by atoms with Crippen molar-refractivity contribution < 1.29 is 27.4 Å². The number of anilines is 1. The molecular weight excluding hydrogens is 434 g/mol. The highest BCUT2D eigenvalue weighted by molar-refractivity contribution is 7.92. The molecule has 1 fully saturated rings. The predicted octanol–water partition coefficient (Wildman–Crippen LogP) is 1.88. The summed E-state index contributed by atoms with van der Waals surface area (Å²) in [6.07, 6.45) is 1.07. The molecule has 1 aliphatic rings. The first-order chi connectivity index (χ1) is 15.3. The van der Waals surface area contributed by atoms with E-state index in [1.807, 2.05) is 18.2 Å². The Morgan fingerprint density at radius 2 is 1.81 bits per heavy atom. The molecule has 32 heavy (non-hydrogen) atoms. The lowest BCUT2D eigenvalue weighted by Gasteiger charge is -2.35. The fourth-order valence-corrected chi connectivity index (χ4v) is 4.19. The number of nitrogens with zero attached hydrogens (tertiary/aromatic N) is 1. The number of nitrogens with one attached hydrogen (secondary N) is 2. The van der Waals surface area contributed by atoms with Crippen LogP contribution in [0.3, 0.4) is 0 Å². The number of ether oxygens (including phenoxy) is 3. The molecule has 1 heterocycles. The number of amides is 1. The topological polar surface area (TPSA) is 106 Å². The molecule has 2 aromatic carbocycles. The molecule has 0 saturated carbocycles. The second kappa shape index (κ2) is 10.7. The summed E-state index contributed by atoms with van der Waals surface area (Å²) in [5, 5.41) is 2.98. The third kappa shape index (κ3) is 6.35. The molecule has 0 radical (unpaired) electrons. The van der Waals surface area contributed by atoms with Crippen LogP contribution in [0.2, 0.25) is 0 Å². The maximum absolute atomic E-state index is 12.8. The number of carbonyl (C=O) groups is 1. The number of morpholine rings is 1. The van der Waals surface area contributed by atoms with Crippen molar-refractivity contribution in [3.05, 3.63) is 53.6 Å². The van der Waals surface area contributed by atoms with Crippen molar-refractivity contribution in [3.63, 3.8) is 0 Å². The normalized spacial score (nSPS) is 15.6. The SMILES string of the molecule is COc1ccc([C@H](CNC(=O)c2cccc(NS(C)(=O)=O)c2)N2CCOCC2)cc1OC. The van der Waals surface area contributed by atoms with Gasteiger partial charge in [-0.1, -0.05) is 12.1 Å². The number of benzene rings is 2. The molecule has 0 aromatic heterocycles. The molecule has 0 aliphatic carbocycles. The quantitative estimate of drug-likeness (QED) is 0.585. The number of hydrogen-bond donors (Lipinski definition) is 2. The van der Waals surface area contributed by atoms with E-state index in [2.05, 4.69) is 14.9 Å². The summed E-state index contributed by atoms with van der Waals surface area (Å²) in [5.74, 6) is 0.964. The van der Waals surface area contributed by atoms with Crippen molar-refractivity contribution in [2.24, 2.45) is 0 Å². The monoisotopic (exact) mass is 463 g/mol. The van der Waals surface area contributed by atoms with Gasteiger partial charge < -0.3 is 19.5 Å². The molecule has 1 aliphatic heterocycles. The third-order valence-electron chi connectivity index (χ3n) is 5.16. The van der Waals surface area contributed by atoms with Gasteiger partial charge in [-0.3, -0.25) is 14.4 Å². The standard InChI is InChI=1S/C22H29N3O6S/c1-29-20-8-7-16(14-21(20)30-2)19(25-9-11-31-12-10-25)15-23-22(26)17-5-4-6-18(13-17)24-32(3,27)28/h4-8,13-14,19,24H,9-12,15H2,1-3H3,(H,23,26)/t19-/m0/s1. The van der Waals surface area contributed by atoms with Gasteiger partial charge in [0.05, 0.1) is 39.7 Å². The zero-order chi connectivity index (χ0) is 23.1. The van der Waals surface area contributed by atoms with Gasteiger partial charge in [0.25, 0.3) is 5.91 Å². The van der Waals surface area contributed by atoms with E-state index in [0.29, 0.717) is 42.5 Å². The number of sulfonamides is 1. The Hall–Kier alpha value is -2.82. The molecule has 3 rings (SSSR count). The van der Waals surface area contributed by atoms with Crippen molar-refractivity contribution in [2.45, 2.75) is 6.04 Å². The van der Waals surface area contributed by atoms with E-state index in [-0.39, 0.29) is 11.9 Å². The smallest absolute Gasteiger partial charge is 0.251 e. The van der Waals surface area contributed by atoms with Crippen molar-refractivity contribution >= 4 is 21.6 Å². The van der Waals surface area contributed by atoms with Gasteiger partial charge in [-0.25, -0.2) is 8.42 Å². The molecule has 0 unspecified atom stereocenters. The number of methoxy groups -OCH3 is 2. The zero-order valence-electron chi connectivity index (χ0n) is 18.5. The molecule has 0 spiro atoms. The lowest BCUT2D eigenvalue weighted by molar-refractivity contribution is 0.0162. The molecule has 9 nitrogen and oxygen atoms in total. The Balaban J connectivity index is 1.79. The molecule has 1 amide bonds. The third-order valence-corrected chi connectivity index (χ3v) is 5.77. The first kappa shape index (κ1) is 23.8. The summed E-state index contributed by atoms with van der Waals surface area (Å²) in [6.45, 7) is 3.08. The summed E-state index contributed by atoms with van der Waals surface area (Å²) >= 11 is 0. The summed E-state index contributed by atoms with van der Waals surface area (Å²) in [4.78, 5) is 15.1. The Kier molecular flexibility index (Phi) is 7.94. The second-order valence-corrected chi connectivity index (χ2v) is 9.19. The lowest BCUT2D eigenvalue weighted by atomic mass is 10.0. The number of hydrogen-bond acceptors (Lipinski definition) is 7. The fourth-order valence-electron chi connectivity index (χ4n) is 3.64. The van der Waals surface area contributed by atoms with Gasteiger partial charge in [-0.2, -0.15) is 0 Å². The van der Waals surface area contributed by atoms with Crippen LogP contribution in [0.1, 0.15) is 22.0 Å². The maximum Gasteiger partial charge on any atom is 0.251 e. The highest BCUT2D eigenvalue weighted by Crippen LogP contribution is 2.32. The van der Waals surface area contributed by atoms with E-state index in [1.165, 1.54) is 6.07 Å². The van der Waals surface area contributed by atoms with E-state index < -0.39 is 10.0 Å². The van der Waals surface area contributed by atoms with Crippen LogP contribution in [0.15, 0.2) is 42.5 Å². The Labute approximate surface area is 188 Å². The van der Waals surface area contributed by atoms with Gasteiger partial charge in [0.15, 0.2) is 11.5 Å². The van der Waals surface area contributed by atoms with Crippen LogP contribution in [0.25, 0.3) is 0 Å². The van der Waals surface area contributed by atoms with Crippen LogP contribution in [-0.4, -0.2) is 72.5 Å². The van der Waals surface area contributed by atoms with Crippen molar-refractivity contribution in [1.29, 1.82) is 0 Å². The van der Waals surface area contributed by atoms with Crippen LogP contribution in [0, 0.1) is 0 Å². The molecule has 2 aromatic rings. The zero-order valence-corrected chi connectivity index (χ0v) is 19.3. The van der Waals surface area contributed by atoms with E-state index in [4.69, 9.17) is 14.2 Å². The van der Waals surface area contributed by atoms with Crippen LogP contribution in [0.5, 0.6) is 11.5 Å². The molecule has 0 bridgehead atoms. The van der Waals surface area contributed by atoms with Crippen LogP contribution in [0.4, 0.5) is 5.69 Å². The average Bonchev–Trinajstić information content (AvgIpc) is 2.78.